The fourth-order valence-electron chi connectivity index (χ4n) is 5.50. The van der Waals surface area contributed by atoms with Crippen molar-refractivity contribution in [1.29, 1.82) is 0 Å². The zero-order valence-corrected chi connectivity index (χ0v) is 12.5. The molecule has 1 aromatic heterocycles. The van der Waals surface area contributed by atoms with Crippen molar-refractivity contribution in [3.63, 3.8) is 0 Å². The Labute approximate surface area is 124 Å². The largest absolute Gasteiger partial charge is 0.332 e. The topological polar surface area (TPSA) is 52.0 Å². The maximum atomic E-state index is 12.9. The SMILES string of the molecule is Cn1ccnc1C(=O)CC(=O)C12CC3CC(CC(C3)C1)C2. The molecule has 0 saturated heterocycles. The van der Waals surface area contributed by atoms with Crippen molar-refractivity contribution < 1.29 is 9.59 Å². The molecule has 4 aliphatic carbocycles. The van der Waals surface area contributed by atoms with E-state index >= 15 is 0 Å². The van der Waals surface area contributed by atoms with Gasteiger partial charge in [-0.2, -0.15) is 0 Å². The van der Waals surface area contributed by atoms with Crippen LogP contribution in [0, 0.1) is 23.2 Å². The Kier molecular flexibility index (Phi) is 2.85. The van der Waals surface area contributed by atoms with Crippen molar-refractivity contribution in [2.75, 3.05) is 0 Å². The van der Waals surface area contributed by atoms with Gasteiger partial charge in [0.15, 0.2) is 5.82 Å². The van der Waals surface area contributed by atoms with Crippen LogP contribution in [-0.4, -0.2) is 21.1 Å². The fraction of sp³-hybridized carbons (Fsp3) is 0.706. The van der Waals surface area contributed by atoms with Crippen LogP contribution >= 0.6 is 0 Å². The minimum Gasteiger partial charge on any atom is -0.332 e. The summed E-state index contributed by atoms with van der Waals surface area (Å²) < 4.78 is 1.70. The van der Waals surface area contributed by atoms with E-state index in [1.807, 2.05) is 0 Å². The van der Waals surface area contributed by atoms with E-state index < -0.39 is 0 Å². The minimum absolute atomic E-state index is 0.0387. The van der Waals surface area contributed by atoms with E-state index in [1.54, 1.807) is 24.0 Å². The molecule has 4 heteroatoms. The van der Waals surface area contributed by atoms with Crippen molar-refractivity contribution >= 4 is 11.6 Å². The van der Waals surface area contributed by atoms with Gasteiger partial charge in [-0.05, 0) is 56.3 Å². The second kappa shape index (κ2) is 4.52. The van der Waals surface area contributed by atoms with Gasteiger partial charge in [0.1, 0.15) is 5.78 Å². The highest BCUT2D eigenvalue weighted by Crippen LogP contribution is 2.60. The summed E-state index contributed by atoms with van der Waals surface area (Å²) in [6, 6.07) is 0. The summed E-state index contributed by atoms with van der Waals surface area (Å²) in [4.78, 5) is 29.3. The van der Waals surface area contributed by atoms with E-state index in [4.69, 9.17) is 0 Å². The summed E-state index contributed by atoms with van der Waals surface area (Å²) in [6.45, 7) is 0. The van der Waals surface area contributed by atoms with E-state index in [-0.39, 0.29) is 23.4 Å². The van der Waals surface area contributed by atoms with Crippen molar-refractivity contribution in [2.24, 2.45) is 30.2 Å². The van der Waals surface area contributed by atoms with Crippen LogP contribution < -0.4 is 0 Å². The zero-order chi connectivity index (χ0) is 14.6. The predicted molar refractivity (Wildman–Crippen MR) is 77.8 cm³/mol. The fourth-order valence-corrected chi connectivity index (χ4v) is 5.50. The van der Waals surface area contributed by atoms with Gasteiger partial charge in [0.05, 0.1) is 6.42 Å². The van der Waals surface area contributed by atoms with Crippen LogP contribution in [-0.2, 0) is 11.8 Å². The lowest BCUT2D eigenvalue weighted by Gasteiger charge is -2.56. The molecule has 0 unspecified atom stereocenters. The van der Waals surface area contributed by atoms with E-state index in [0.29, 0.717) is 5.82 Å². The molecule has 1 heterocycles. The van der Waals surface area contributed by atoms with Crippen LogP contribution in [0.4, 0.5) is 0 Å². The molecule has 0 amide bonds. The summed E-state index contributed by atoms with van der Waals surface area (Å²) in [7, 11) is 1.80. The Morgan fingerprint density at radius 2 is 1.76 bits per heavy atom. The second-order valence-electron chi connectivity index (χ2n) is 7.58. The lowest BCUT2D eigenvalue weighted by molar-refractivity contribution is -0.142. The molecular formula is C17H22N2O2. The monoisotopic (exact) mass is 286 g/mol. The van der Waals surface area contributed by atoms with Gasteiger partial charge in [-0.3, -0.25) is 9.59 Å². The number of aryl methyl sites for hydroxylation is 1. The Balaban J connectivity index is 1.53. The number of imidazole rings is 1. The molecule has 4 bridgehead atoms. The number of nitrogens with zero attached hydrogens (tertiary/aromatic N) is 2. The minimum atomic E-state index is -0.171. The average Bonchev–Trinajstić information content (AvgIpc) is 2.83. The number of aromatic nitrogens is 2. The third kappa shape index (κ3) is 2.07. The number of carbonyl (C=O) groups excluding carboxylic acids is 2. The van der Waals surface area contributed by atoms with Crippen LogP contribution in [0.2, 0.25) is 0 Å². The van der Waals surface area contributed by atoms with Gasteiger partial charge >= 0.3 is 0 Å². The second-order valence-corrected chi connectivity index (χ2v) is 7.58. The first kappa shape index (κ1) is 13.2. The molecule has 0 spiro atoms. The van der Waals surface area contributed by atoms with Gasteiger partial charge in [-0.25, -0.2) is 4.98 Å². The van der Waals surface area contributed by atoms with Crippen LogP contribution in [0.15, 0.2) is 12.4 Å². The number of hydrogen-bond acceptors (Lipinski definition) is 3. The molecule has 4 nitrogen and oxygen atoms in total. The van der Waals surface area contributed by atoms with E-state index in [1.165, 1.54) is 19.3 Å². The number of carbonyl (C=O) groups is 2. The molecule has 0 aromatic carbocycles. The third-order valence-electron chi connectivity index (χ3n) is 6.02. The quantitative estimate of drug-likeness (QED) is 0.631. The smallest absolute Gasteiger partial charge is 0.205 e. The zero-order valence-electron chi connectivity index (χ0n) is 12.5. The van der Waals surface area contributed by atoms with Crippen molar-refractivity contribution in [2.45, 2.75) is 44.9 Å². The molecule has 4 aliphatic rings. The Bertz CT molecular complexity index is 566. The number of Topliss-reactive ketones (excluding diaryl/α,β-unsaturated/α-hetero) is 2. The van der Waals surface area contributed by atoms with E-state index in [2.05, 4.69) is 4.98 Å². The molecule has 0 radical (unpaired) electrons. The van der Waals surface area contributed by atoms with Crippen LogP contribution in [0.1, 0.15) is 55.6 Å². The summed E-state index contributed by atoms with van der Waals surface area (Å²) >= 11 is 0. The molecule has 112 valence electrons. The van der Waals surface area contributed by atoms with Gasteiger partial charge in [0, 0.05) is 24.9 Å². The Hall–Kier alpha value is -1.45. The maximum Gasteiger partial charge on any atom is 0.205 e. The first-order valence-corrected chi connectivity index (χ1v) is 8.09. The summed E-state index contributed by atoms with van der Waals surface area (Å²) in [6.07, 6.45) is 10.5. The first-order chi connectivity index (χ1) is 10.1. The molecule has 4 fully saturated rings. The van der Waals surface area contributed by atoms with Crippen molar-refractivity contribution in [3.8, 4) is 0 Å². The Morgan fingerprint density at radius 3 is 2.24 bits per heavy atom. The molecule has 0 N–H and O–H groups in total. The normalized spacial score (nSPS) is 36.9. The highest BCUT2D eigenvalue weighted by Gasteiger charge is 2.54. The van der Waals surface area contributed by atoms with Gasteiger partial charge in [-0.15, -0.1) is 0 Å². The van der Waals surface area contributed by atoms with Crippen LogP contribution in [0.3, 0.4) is 0 Å². The highest BCUT2D eigenvalue weighted by molar-refractivity contribution is 6.08. The van der Waals surface area contributed by atoms with Gasteiger partial charge < -0.3 is 4.57 Å². The van der Waals surface area contributed by atoms with E-state index in [9.17, 15) is 9.59 Å². The van der Waals surface area contributed by atoms with Gasteiger partial charge in [0.25, 0.3) is 0 Å². The van der Waals surface area contributed by atoms with Crippen molar-refractivity contribution in [3.05, 3.63) is 18.2 Å². The highest BCUT2D eigenvalue weighted by atomic mass is 16.2. The molecule has 5 rings (SSSR count). The predicted octanol–water partition coefficient (Wildman–Crippen LogP) is 2.78. The van der Waals surface area contributed by atoms with Gasteiger partial charge in [-0.1, -0.05) is 0 Å². The van der Waals surface area contributed by atoms with Crippen molar-refractivity contribution in [1.82, 2.24) is 9.55 Å². The Morgan fingerprint density at radius 1 is 1.19 bits per heavy atom. The molecule has 0 aliphatic heterocycles. The summed E-state index contributed by atoms with van der Waals surface area (Å²) in [5.74, 6) is 2.70. The molecule has 0 atom stereocenters. The molecule has 4 saturated carbocycles. The number of ketones is 2. The average molecular weight is 286 g/mol. The van der Waals surface area contributed by atoms with E-state index in [0.717, 1.165) is 37.0 Å². The lowest BCUT2D eigenvalue weighted by atomic mass is 9.48. The lowest BCUT2D eigenvalue weighted by Crippen LogP contribution is -2.50. The summed E-state index contributed by atoms with van der Waals surface area (Å²) in [5.41, 5.74) is -0.171. The molecular weight excluding hydrogens is 264 g/mol. The molecule has 21 heavy (non-hydrogen) atoms. The summed E-state index contributed by atoms with van der Waals surface area (Å²) in [5, 5.41) is 0. The third-order valence-corrected chi connectivity index (χ3v) is 6.02. The first-order valence-electron chi connectivity index (χ1n) is 8.09. The van der Waals surface area contributed by atoms with Crippen LogP contribution in [0.5, 0.6) is 0 Å². The standard InChI is InChI=1S/C17H22N2O2/c1-19-3-2-18-16(19)14(20)7-15(21)17-8-11-4-12(9-17)6-13(5-11)10-17/h2-3,11-13H,4-10H2,1H3. The maximum absolute atomic E-state index is 12.9. The number of rotatable bonds is 4. The molecule has 1 aromatic rings. The number of hydrogen-bond donors (Lipinski definition) is 0. The van der Waals surface area contributed by atoms with Gasteiger partial charge in [0.2, 0.25) is 5.78 Å². The van der Waals surface area contributed by atoms with Crippen LogP contribution in [0.25, 0.3) is 0 Å².